The van der Waals surface area contributed by atoms with E-state index >= 15 is 0 Å². The van der Waals surface area contributed by atoms with Crippen LogP contribution in [0.2, 0.25) is 5.15 Å². The van der Waals surface area contributed by atoms with Crippen LogP contribution in [-0.4, -0.2) is 9.97 Å². The van der Waals surface area contributed by atoms with E-state index in [9.17, 15) is 8.78 Å². The van der Waals surface area contributed by atoms with Crippen molar-refractivity contribution >= 4 is 23.1 Å². The monoisotopic (exact) mass is 255 g/mol. The molecule has 3 nitrogen and oxygen atoms in total. The molecule has 1 N–H and O–H groups in total. The second-order valence-corrected chi connectivity index (χ2v) is 3.74. The molecule has 0 saturated heterocycles. The Morgan fingerprint density at radius 2 is 2.00 bits per heavy atom. The Labute approximate surface area is 101 Å². The third-order valence-corrected chi connectivity index (χ3v) is 2.21. The van der Waals surface area contributed by atoms with Gasteiger partial charge in [0.15, 0.2) is 11.6 Å². The zero-order valence-electron chi connectivity index (χ0n) is 8.84. The summed E-state index contributed by atoms with van der Waals surface area (Å²) < 4.78 is 26.3. The Balaban J connectivity index is 2.34. The fourth-order valence-corrected chi connectivity index (χ4v) is 1.56. The largest absolute Gasteiger partial charge is 0.338 e. The molecule has 88 valence electrons. The standard InChI is InChI=1S/C11H8ClF2N3/c1-6-15-9(12)5-10(16-6)17-8-4-2-3-7(13)11(8)14/h2-5H,1H3,(H,15,16,17). The highest BCUT2D eigenvalue weighted by Gasteiger charge is 2.08. The fourth-order valence-electron chi connectivity index (χ4n) is 1.33. The number of anilines is 2. The second-order valence-electron chi connectivity index (χ2n) is 3.35. The minimum atomic E-state index is -0.958. The molecule has 17 heavy (non-hydrogen) atoms. The summed E-state index contributed by atoms with van der Waals surface area (Å²) in [5.41, 5.74) is -0.000772. The van der Waals surface area contributed by atoms with Gasteiger partial charge in [0.05, 0.1) is 5.69 Å². The number of aryl methyl sites for hydroxylation is 1. The average molecular weight is 256 g/mol. The van der Waals surface area contributed by atoms with Crippen LogP contribution < -0.4 is 5.32 Å². The first kappa shape index (κ1) is 11.7. The van der Waals surface area contributed by atoms with Gasteiger partial charge in [-0.15, -0.1) is 0 Å². The van der Waals surface area contributed by atoms with Gasteiger partial charge in [0.25, 0.3) is 0 Å². The molecule has 0 radical (unpaired) electrons. The molecule has 2 aromatic rings. The predicted molar refractivity (Wildman–Crippen MR) is 61.4 cm³/mol. The number of nitrogens with one attached hydrogen (secondary N) is 1. The van der Waals surface area contributed by atoms with Crippen molar-refractivity contribution in [2.45, 2.75) is 6.92 Å². The van der Waals surface area contributed by atoms with Gasteiger partial charge in [0, 0.05) is 6.07 Å². The molecule has 0 aliphatic rings. The van der Waals surface area contributed by atoms with E-state index in [0.717, 1.165) is 6.07 Å². The second kappa shape index (κ2) is 4.63. The molecule has 0 atom stereocenters. The smallest absolute Gasteiger partial charge is 0.182 e. The number of aromatic nitrogens is 2. The van der Waals surface area contributed by atoms with Crippen LogP contribution in [-0.2, 0) is 0 Å². The van der Waals surface area contributed by atoms with Crippen LogP contribution in [0.4, 0.5) is 20.3 Å². The van der Waals surface area contributed by atoms with E-state index in [4.69, 9.17) is 11.6 Å². The van der Waals surface area contributed by atoms with Crippen molar-refractivity contribution in [2.24, 2.45) is 0 Å². The maximum absolute atomic E-state index is 13.4. The van der Waals surface area contributed by atoms with Gasteiger partial charge in [0.2, 0.25) is 0 Å². The Bertz CT molecular complexity index is 540. The maximum atomic E-state index is 13.4. The quantitative estimate of drug-likeness (QED) is 0.835. The third-order valence-electron chi connectivity index (χ3n) is 2.02. The molecule has 0 saturated carbocycles. The molecular weight excluding hydrogens is 248 g/mol. The van der Waals surface area contributed by atoms with E-state index in [2.05, 4.69) is 15.3 Å². The Hall–Kier alpha value is -1.75. The van der Waals surface area contributed by atoms with Gasteiger partial charge < -0.3 is 5.32 Å². The van der Waals surface area contributed by atoms with Crippen LogP contribution in [0.15, 0.2) is 24.3 Å². The van der Waals surface area contributed by atoms with Crippen LogP contribution in [0.5, 0.6) is 0 Å². The van der Waals surface area contributed by atoms with Gasteiger partial charge in [-0.2, -0.15) is 0 Å². The van der Waals surface area contributed by atoms with Crippen molar-refractivity contribution in [2.75, 3.05) is 5.32 Å². The fraction of sp³-hybridized carbons (Fsp3) is 0.0909. The van der Waals surface area contributed by atoms with E-state index in [1.165, 1.54) is 18.2 Å². The number of hydrogen-bond acceptors (Lipinski definition) is 3. The molecule has 1 aromatic carbocycles. The molecule has 1 heterocycles. The summed E-state index contributed by atoms with van der Waals surface area (Å²) in [4.78, 5) is 7.87. The predicted octanol–water partition coefficient (Wildman–Crippen LogP) is 3.46. The highest BCUT2D eigenvalue weighted by Crippen LogP contribution is 2.21. The molecule has 0 unspecified atom stereocenters. The van der Waals surface area contributed by atoms with Crippen LogP contribution in [0.3, 0.4) is 0 Å². The first-order valence-corrected chi connectivity index (χ1v) is 5.16. The van der Waals surface area contributed by atoms with Crippen molar-refractivity contribution in [3.05, 3.63) is 46.9 Å². The Morgan fingerprint density at radius 1 is 1.24 bits per heavy atom. The summed E-state index contributed by atoms with van der Waals surface area (Å²) in [5.74, 6) is -1.13. The first-order chi connectivity index (χ1) is 8.06. The van der Waals surface area contributed by atoms with Crippen LogP contribution in [0.25, 0.3) is 0 Å². The summed E-state index contributed by atoms with van der Waals surface area (Å²) in [5, 5.41) is 2.88. The van der Waals surface area contributed by atoms with E-state index in [-0.39, 0.29) is 10.8 Å². The van der Waals surface area contributed by atoms with Crippen molar-refractivity contribution in [1.82, 2.24) is 9.97 Å². The molecule has 1 aromatic heterocycles. The van der Waals surface area contributed by atoms with Crippen molar-refractivity contribution < 1.29 is 8.78 Å². The average Bonchev–Trinajstić information content (AvgIpc) is 2.23. The summed E-state index contributed by atoms with van der Waals surface area (Å²) in [6.45, 7) is 1.65. The summed E-state index contributed by atoms with van der Waals surface area (Å²) in [6.07, 6.45) is 0. The van der Waals surface area contributed by atoms with Crippen molar-refractivity contribution in [1.29, 1.82) is 0 Å². The van der Waals surface area contributed by atoms with Gasteiger partial charge in [-0.05, 0) is 19.1 Å². The summed E-state index contributed by atoms with van der Waals surface area (Å²) in [6, 6.07) is 5.28. The first-order valence-electron chi connectivity index (χ1n) is 4.78. The minimum absolute atomic E-state index is 0.000772. The molecule has 0 aliphatic heterocycles. The van der Waals surface area contributed by atoms with Gasteiger partial charge in [-0.1, -0.05) is 17.7 Å². The van der Waals surface area contributed by atoms with E-state index in [0.29, 0.717) is 11.6 Å². The number of rotatable bonds is 2. The van der Waals surface area contributed by atoms with Gasteiger partial charge >= 0.3 is 0 Å². The number of nitrogens with zero attached hydrogens (tertiary/aromatic N) is 2. The van der Waals surface area contributed by atoms with Crippen LogP contribution in [0.1, 0.15) is 5.82 Å². The van der Waals surface area contributed by atoms with E-state index < -0.39 is 11.6 Å². The molecular formula is C11H8ClF2N3. The number of halogens is 3. The molecule has 0 amide bonds. The topological polar surface area (TPSA) is 37.8 Å². The summed E-state index contributed by atoms with van der Waals surface area (Å²) >= 11 is 5.73. The van der Waals surface area contributed by atoms with Crippen molar-refractivity contribution in [3.63, 3.8) is 0 Å². The van der Waals surface area contributed by atoms with E-state index in [1.807, 2.05) is 0 Å². The molecule has 0 bridgehead atoms. The summed E-state index contributed by atoms with van der Waals surface area (Å²) in [7, 11) is 0. The molecule has 0 spiro atoms. The lowest BCUT2D eigenvalue weighted by molar-refractivity contribution is 0.511. The van der Waals surface area contributed by atoms with Gasteiger partial charge in [0.1, 0.15) is 16.8 Å². The van der Waals surface area contributed by atoms with Crippen LogP contribution >= 0.6 is 11.6 Å². The highest BCUT2D eigenvalue weighted by molar-refractivity contribution is 6.29. The normalized spacial score (nSPS) is 10.4. The molecule has 0 aliphatic carbocycles. The lowest BCUT2D eigenvalue weighted by Gasteiger charge is -2.07. The molecule has 0 fully saturated rings. The maximum Gasteiger partial charge on any atom is 0.182 e. The number of hydrogen-bond donors (Lipinski definition) is 1. The Kier molecular flexibility index (Phi) is 3.19. The third kappa shape index (κ3) is 2.68. The zero-order valence-corrected chi connectivity index (χ0v) is 9.59. The lowest BCUT2D eigenvalue weighted by Crippen LogP contribution is -2.00. The van der Waals surface area contributed by atoms with Crippen molar-refractivity contribution in [3.8, 4) is 0 Å². The zero-order chi connectivity index (χ0) is 12.4. The highest BCUT2D eigenvalue weighted by atomic mass is 35.5. The Morgan fingerprint density at radius 3 is 2.71 bits per heavy atom. The minimum Gasteiger partial charge on any atom is -0.338 e. The van der Waals surface area contributed by atoms with Gasteiger partial charge in [-0.25, -0.2) is 18.7 Å². The SMILES string of the molecule is Cc1nc(Cl)cc(Nc2cccc(F)c2F)n1. The van der Waals surface area contributed by atoms with Crippen LogP contribution in [0, 0.1) is 18.6 Å². The lowest BCUT2D eigenvalue weighted by atomic mass is 10.3. The van der Waals surface area contributed by atoms with Gasteiger partial charge in [-0.3, -0.25) is 0 Å². The van der Waals surface area contributed by atoms with E-state index in [1.54, 1.807) is 6.92 Å². The number of benzene rings is 1. The molecule has 2 rings (SSSR count). The molecule has 6 heteroatoms.